The van der Waals surface area contributed by atoms with Crippen molar-refractivity contribution in [1.29, 1.82) is 10.5 Å². The Morgan fingerprint density at radius 2 is 0.917 bits per heavy atom. The van der Waals surface area contributed by atoms with Crippen LogP contribution in [0.25, 0.3) is 0 Å². The number of nitriles is 2. The quantitative estimate of drug-likeness (QED) is 0.0309. The second-order valence-corrected chi connectivity index (χ2v) is 22.7. The number of ether oxygens (including phenoxy) is 2. The summed E-state index contributed by atoms with van der Waals surface area (Å²) in [7, 11) is -11.0. The average Bonchev–Trinajstić information content (AvgIpc) is 3.36. The highest BCUT2D eigenvalue weighted by Gasteiger charge is 2.20. The largest absolute Gasteiger partial charge is 0.385 e. The number of hydrogen-bond acceptors (Lipinski definition) is 22. The lowest BCUT2D eigenvalue weighted by molar-refractivity contribution is 0.197. The number of rotatable bonds is 28. The summed E-state index contributed by atoms with van der Waals surface area (Å²) in [6.07, 6.45) is 1.32. The summed E-state index contributed by atoms with van der Waals surface area (Å²) in [6.45, 7) is 18.6. The third-order valence-electron chi connectivity index (χ3n) is 9.82. The van der Waals surface area contributed by atoms with E-state index in [1.807, 2.05) is 0 Å². The van der Waals surface area contributed by atoms with E-state index in [0.29, 0.717) is 61.9 Å². The molecule has 72 heavy (non-hydrogen) atoms. The molecule has 0 aliphatic carbocycles. The third-order valence-corrected chi connectivity index (χ3v) is 15.1. The van der Waals surface area contributed by atoms with Gasteiger partial charge in [0.2, 0.25) is 0 Å². The van der Waals surface area contributed by atoms with Crippen molar-refractivity contribution in [3.05, 3.63) is 119 Å². The summed E-state index contributed by atoms with van der Waals surface area (Å²) < 4.78 is 105. The van der Waals surface area contributed by atoms with Gasteiger partial charge >= 0.3 is 0 Å². The molecule has 0 atom stereocenters. The number of nitrogens with zero attached hydrogens (tertiary/aromatic N) is 8. The van der Waals surface area contributed by atoms with E-state index in [-0.39, 0.29) is 79.9 Å². The predicted molar refractivity (Wildman–Crippen MR) is 278 cm³/mol. The molecule has 4 rings (SSSR count). The molecule has 4 aromatic rings. The van der Waals surface area contributed by atoms with Crippen LogP contribution in [0.1, 0.15) is 35.1 Å². The van der Waals surface area contributed by atoms with E-state index >= 15 is 0 Å². The van der Waals surface area contributed by atoms with Crippen molar-refractivity contribution in [3.63, 3.8) is 0 Å². The Balaban J connectivity index is 0.000000380. The Morgan fingerprint density at radius 1 is 0.556 bits per heavy atom. The molecule has 384 valence electrons. The molecule has 2 aromatic carbocycles. The zero-order valence-electron chi connectivity index (χ0n) is 40.1. The first-order valence-electron chi connectivity index (χ1n) is 21.5. The molecule has 0 saturated carbocycles. The number of methoxy groups -OCH3 is 2. The van der Waals surface area contributed by atoms with Gasteiger partial charge in [0.25, 0.3) is 0 Å². The summed E-state index contributed by atoms with van der Waals surface area (Å²) >= 11 is 0. The van der Waals surface area contributed by atoms with E-state index in [1.54, 1.807) is 40.2 Å². The van der Waals surface area contributed by atoms with Gasteiger partial charge in [0, 0.05) is 86.4 Å². The molecule has 2 aromatic heterocycles. The van der Waals surface area contributed by atoms with Crippen molar-refractivity contribution in [2.45, 2.75) is 36.5 Å². The fourth-order valence-corrected chi connectivity index (χ4v) is 8.50. The number of pyridine rings is 2. The van der Waals surface area contributed by atoms with Gasteiger partial charge in [-0.05, 0) is 63.1 Å². The van der Waals surface area contributed by atoms with Crippen LogP contribution >= 0.6 is 0 Å². The van der Waals surface area contributed by atoms with Gasteiger partial charge in [0.15, 0.2) is 51.0 Å². The van der Waals surface area contributed by atoms with Gasteiger partial charge in [-0.2, -0.15) is 20.8 Å². The number of azo groups is 2. The maximum absolute atomic E-state index is 12.1. The minimum Gasteiger partial charge on any atom is -0.385 e. The normalized spacial score (nSPS) is 11.7. The van der Waals surface area contributed by atoms with Gasteiger partial charge in [0.05, 0.1) is 43.8 Å². The third kappa shape index (κ3) is 17.6. The van der Waals surface area contributed by atoms with Gasteiger partial charge in [-0.3, -0.25) is 0 Å². The van der Waals surface area contributed by atoms with E-state index in [9.17, 15) is 44.2 Å². The van der Waals surface area contributed by atoms with Crippen molar-refractivity contribution >= 4 is 85.4 Å². The van der Waals surface area contributed by atoms with Crippen molar-refractivity contribution in [2.24, 2.45) is 20.5 Å². The number of hydrogen-bond donors (Lipinski definition) is 4. The minimum absolute atomic E-state index is 0.0179. The molecule has 0 aliphatic heterocycles. The van der Waals surface area contributed by atoms with E-state index < -0.39 is 39.3 Å². The Morgan fingerprint density at radius 3 is 1.24 bits per heavy atom. The van der Waals surface area contributed by atoms with E-state index in [4.69, 9.17) is 9.47 Å². The molecule has 4 N–H and O–H groups in total. The van der Waals surface area contributed by atoms with Crippen LogP contribution in [-0.2, 0) is 48.8 Å². The maximum Gasteiger partial charge on any atom is 0.199 e. The molecule has 0 fully saturated rings. The van der Waals surface area contributed by atoms with Crippen LogP contribution in [0.4, 0.5) is 46.0 Å². The number of nitrogens with one attached hydrogen (secondary N) is 4. The van der Waals surface area contributed by atoms with E-state index in [1.165, 1.54) is 36.4 Å². The molecule has 26 heteroatoms. The van der Waals surface area contributed by atoms with Crippen LogP contribution in [0, 0.1) is 36.5 Å². The molecule has 2 heterocycles. The first kappa shape index (κ1) is 59.1. The van der Waals surface area contributed by atoms with Crippen molar-refractivity contribution in [2.75, 3.05) is 86.4 Å². The summed E-state index contributed by atoms with van der Waals surface area (Å²) in [5.41, 5.74) is 2.37. The average molecular weight is 1070 g/mol. The highest BCUT2D eigenvalue weighted by molar-refractivity contribution is 7.95. The highest BCUT2D eigenvalue weighted by atomic mass is 32.2. The molecule has 0 saturated heterocycles. The lowest BCUT2D eigenvalue weighted by atomic mass is 10.1. The lowest BCUT2D eigenvalue weighted by Gasteiger charge is -2.15. The number of aromatic nitrogens is 2. The van der Waals surface area contributed by atoms with E-state index in [0.717, 1.165) is 21.6 Å². The summed E-state index contributed by atoms with van der Waals surface area (Å²) in [5.74, 6) is 0.586. The highest BCUT2D eigenvalue weighted by Crippen LogP contribution is 2.37. The number of benzene rings is 2. The van der Waals surface area contributed by atoms with Gasteiger partial charge in [0.1, 0.15) is 35.1 Å². The Bertz CT molecular complexity index is 3010. The van der Waals surface area contributed by atoms with Gasteiger partial charge < -0.3 is 30.7 Å². The second kappa shape index (κ2) is 28.0. The van der Waals surface area contributed by atoms with Gasteiger partial charge in [-0.1, -0.05) is 38.4 Å². The molecule has 0 spiro atoms. The monoisotopic (exact) mass is 1060 g/mol. The molecular weight excluding hydrogens is 1010 g/mol. The SMILES string of the molecule is C=CS(=O)(=O)CCNc1nc(NCCCOC)c(N=Nc2cccc(S(=O)(=O)C=C)c2)c(C)c1C#N.C=CS(=O)(=O)CCNc1nc(NCCCOC)c(N=Nc2cccc(S(=O)(=O)C=C)c2)c(C)c1C#N. The van der Waals surface area contributed by atoms with Crippen LogP contribution in [0.2, 0.25) is 0 Å². The zero-order chi connectivity index (χ0) is 53.5. The molecule has 0 amide bonds. The predicted octanol–water partition coefficient (Wildman–Crippen LogP) is 8.03. The molecule has 0 unspecified atom stereocenters. The Labute approximate surface area is 421 Å². The standard InChI is InChI=1S/2C23H28N6O5S2/c2*1-5-35(30,31)14-12-26-22-20(16-24)17(3)21(23(27-22)25-11-8-13-34-4)29-28-18-9-7-10-19(15-18)36(32,33)6-2/h2*5-7,9-10,15H,1-2,8,11-14H2,3-4H3,(H2,25,26,27). The Hall–Kier alpha value is -7.20. The first-order chi connectivity index (χ1) is 34.2. The number of anilines is 4. The first-order valence-corrected chi connectivity index (χ1v) is 28.0. The van der Waals surface area contributed by atoms with Crippen molar-refractivity contribution < 1.29 is 43.1 Å². The lowest BCUT2D eigenvalue weighted by Crippen LogP contribution is -2.16. The maximum atomic E-state index is 12.1. The van der Waals surface area contributed by atoms with E-state index in [2.05, 4.69) is 90.1 Å². The molecule has 0 radical (unpaired) electrons. The fraction of sp³-hybridized carbons (Fsp3) is 0.304. The molecule has 22 nitrogen and oxygen atoms in total. The number of sulfone groups is 4. The minimum atomic E-state index is -3.65. The van der Waals surface area contributed by atoms with Crippen LogP contribution < -0.4 is 21.3 Å². The van der Waals surface area contributed by atoms with Crippen molar-refractivity contribution in [1.82, 2.24) is 9.97 Å². The summed E-state index contributed by atoms with van der Waals surface area (Å²) in [5, 5.41) is 51.9. The molecular formula is C46H56N12O10S4. The Kier molecular flexibility index (Phi) is 23.0. The van der Waals surface area contributed by atoms with Crippen LogP contribution in [0.5, 0.6) is 0 Å². The van der Waals surface area contributed by atoms with Crippen LogP contribution in [-0.4, -0.2) is 109 Å². The van der Waals surface area contributed by atoms with Crippen LogP contribution in [0.3, 0.4) is 0 Å². The smallest absolute Gasteiger partial charge is 0.199 e. The second-order valence-electron chi connectivity index (χ2n) is 14.8. The molecule has 0 bridgehead atoms. The molecule has 0 aliphatic rings. The fourth-order valence-electron chi connectivity index (χ4n) is 5.90. The van der Waals surface area contributed by atoms with Gasteiger partial charge in [-0.25, -0.2) is 43.6 Å². The topological polar surface area (TPSA) is 326 Å². The summed E-state index contributed by atoms with van der Waals surface area (Å²) in [4.78, 5) is 8.96. The van der Waals surface area contributed by atoms with Crippen molar-refractivity contribution in [3.8, 4) is 12.1 Å². The zero-order valence-corrected chi connectivity index (χ0v) is 43.4. The van der Waals surface area contributed by atoms with Crippen LogP contribution in [0.15, 0.2) is 127 Å². The van der Waals surface area contributed by atoms with Gasteiger partial charge in [-0.15, -0.1) is 10.2 Å². The summed E-state index contributed by atoms with van der Waals surface area (Å²) in [6, 6.07) is 15.9.